The SMILES string of the molecule is CCCCOC1CCC(N)(C(N)=O)C1. The van der Waals surface area contributed by atoms with Crippen molar-refractivity contribution >= 4 is 5.91 Å². The predicted molar refractivity (Wildman–Crippen MR) is 54.6 cm³/mol. The lowest BCUT2D eigenvalue weighted by atomic mass is 9.99. The van der Waals surface area contributed by atoms with Crippen LogP contribution in [0.5, 0.6) is 0 Å². The van der Waals surface area contributed by atoms with Crippen LogP contribution < -0.4 is 11.5 Å². The molecule has 0 aromatic carbocycles. The molecule has 0 radical (unpaired) electrons. The Morgan fingerprint density at radius 3 is 2.86 bits per heavy atom. The van der Waals surface area contributed by atoms with Crippen LogP contribution in [-0.2, 0) is 9.53 Å². The monoisotopic (exact) mass is 200 g/mol. The molecule has 1 aliphatic carbocycles. The second-order valence-corrected chi connectivity index (χ2v) is 4.11. The molecule has 1 saturated carbocycles. The van der Waals surface area contributed by atoms with Crippen molar-refractivity contribution in [1.29, 1.82) is 0 Å². The molecular formula is C10H20N2O2. The lowest BCUT2D eigenvalue weighted by molar-refractivity contribution is -0.123. The summed E-state index contributed by atoms with van der Waals surface area (Å²) in [6.07, 6.45) is 4.38. The van der Waals surface area contributed by atoms with Crippen molar-refractivity contribution < 1.29 is 9.53 Å². The maximum atomic E-state index is 11.0. The number of carbonyl (C=O) groups is 1. The molecule has 0 saturated heterocycles. The number of ether oxygens (including phenoxy) is 1. The van der Waals surface area contributed by atoms with Crippen LogP contribution in [0.25, 0.3) is 0 Å². The lowest BCUT2D eigenvalue weighted by Crippen LogP contribution is -2.50. The van der Waals surface area contributed by atoms with Crippen LogP contribution >= 0.6 is 0 Å². The van der Waals surface area contributed by atoms with Gasteiger partial charge in [-0.25, -0.2) is 0 Å². The second kappa shape index (κ2) is 4.75. The minimum absolute atomic E-state index is 0.124. The summed E-state index contributed by atoms with van der Waals surface area (Å²) in [5.74, 6) is -0.404. The van der Waals surface area contributed by atoms with E-state index in [0.717, 1.165) is 25.9 Å². The normalized spacial score (nSPS) is 32.0. The maximum Gasteiger partial charge on any atom is 0.237 e. The summed E-state index contributed by atoms with van der Waals surface area (Å²) < 4.78 is 5.60. The predicted octanol–water partition coefficient (Wildman–Crippen LogP) is 0.538. The van der Waals surface area contributed by atoms with Gasteiger partial charge in [-0.3, -0.25) is 4.79 Å². The molecule has 1 rings (SSSR count). The second-order valence-electron chi connectivity index (χ2n) is 4.11. The van der Waals surface area contributed by atoms with E-state index in [1.54, 1.807) is 0 Å². The van der Waals surface area contributed by atoms with E-state index in [9.17, 15) is 4.79 Å². The molecule has 2 atom stereocenters. The van der Waals surface area contributed by atoms with Gasteiger partial charge in [0.2, 0.25) is 5.91 Å². The minimum atomic E-state index is -0.823. The van der Waals surface area contributed by atoms with E-state index in [0.29, 0.717) is 12.8 Å². The number of primary amides is 1. The standard InChI is InChI=1S/C10H20N2O2/c1-2-3-6-14-8-4-5-10(12,7-8)9(11)13/h8H,2-7,12H2,1H3,(H2,11,13). The summed E-state index contributed by atoms with van der Waals surface area (Å²) in [7, 11) is 0. The van der Waals surface area contributed by atoms with E-state index in [2.05, 4.69) is 6.92 Å². The first-order valence-corrected chi connectivity index (χ1v) is 5.29. The summed E-state index contributed by atoms with van der Waals surface area (Å²) in [6, 6.07) is 0. The highest BCUT2D eigenvalue weighted by molar-refractivity contribution is 5.84. The van der Waals surface area contributed by atoms with Crippen molar-refractivity contribution in [2.24, 2.45) is 11.5 Å². The molecule has 0 bridgehead atoms. The molecule has 2 unspecified atom stereocenters. The maximum absolute atomic E-state index is 11.0. The van der Waals surface area contributed by atoms with E-state index >= 15 is 0 Å². The Labute approximate surface area is 85.0 Å². The van der Waals surface area contributed by atoms with Crippen LogP contribution in [0.15, 0.2) is 0 Å². The molecule has 0 aromatic rings. The first kappa shape index (κ1) is 11.5. The highest BCUT2D eigenvalue weighted by Crippen LogP contribution is 2.29. The molecule has 0 aromatic heterocycles. The number of hydrogen-bond acceptors (Lipinski definition) is 3. The highest BCUT2D eigenvalue weighted by atomic mass is 16.5. The molecule has 82 valence electrons. The molecule has 1 fully saturated rings. The van der Waals surface area contributed by atoms with Gasteiger partial charge < -0.3 is 16.2 Å². The molecular weight excluding hydrogens is 180 g/mol. The summed E-state index contributed by atoms with van der Waals surface area (Å²) in [5.41, 5.74) is 10.2. The smallest absolute Gasteiger partial charge is 0.237 e. The Kier molecular flexibility index (Phi) is 3.89. The van der Waals surface area contributed by atoms with Gasteiger partial charge in [0.05, 0.1) is 11.6 Å². The molecule has 0 aliphatic heterocycles. The van der Waals surface area contributed by atoms with Gasteiger partial charge in [-0.2, -0.15) is 0 Å². The van der Waals surface area contributed by atoms with Gasteiger partial charge in [0.15, 0.2) is 0 Å². The molecule has 4 N–H and O–H groups in total. The molecule has 1 aliphatic rings. The molecule has 4 heteroatoms. The van der Waals surface area contributed by atoms with Gasteiger partial charge in [-0.1, -0.05) is 13.3 Å². The van der Waals surface area contributed by atoms with E-state index in [1.807, 2.05) is 0 Å². The number of unbranched alkanes of at least 4 members (excludes halogenated alkanes) is 1. The number of rotatable bonds is 5. The van der Waals surface area contributed by atoms with Gasteiger partial charge in [0.25, 0.3) is 0 Å². The third-order valence-electron chi connectivity index (χ3n) is 2.85. The van der Waals surface area contributed by atoms with Gasteiger partial charge in [0, 0.05) is 13.0 Å². The van der Waals surface area contributed by atoms with Crippen molar-refractivity contribution in [3.8, 4) is 0 Å². The Morgan fingerprint density at radius 1 is 1.64 bits per heavy atom. The summed E-state index contributed by atoms with van der Waals surface area (Å²) >= 11 is 0. The van der Waals surface area contributed by atoms with E-state index in [-0.39, 0.29) is 6.10 Å². The summed E-state index contributed by atoms with van der Waals surface area (Å²) in [4.78, 5) is 11.0. The lowest BCUT2D eigenvalue weighted by Gasteiger charge is -2.19. The Bertz CT molecular complexity index is 208. The number of nitrogens with two attached hydrogens (primary N) is 2. The topological polar surface area (TPSA) is 78.3 Å². The molecule has 0 heterocycles. The van der Waals surface area contributed by atoms with Crippen molar-refractivity contribution in [3.63, 3.8) is 0 Å². The minimum Gasteiger partial charge on any atom is -0.378 e. The first-order valence-electron chi connectivity index (χ1n) is 5.29. The third kappa shape index (κ3) is 2.69. The highest BCUT2D eigenvalue weighted by Gasteiger charge is 2.40. The Balaban J connectivity index is 2.30. The third-order valence-corrected chi connectivity index (χ3v) is 2.85. The molecule has 4 nitrogen and oxygen atoms in total. The summed E-state index contributed by atoms with van der Waals surface area (Å²) in [6.45, 7) is 2.88. The van der Waals surface area contributed by atoms with Crippen molar-refractivity contribution in [1.82, 2.24) is 0 Å². The van der Waals surface area contributed by atoms with Crippen LogP contribution in [0, 0.1) is 0 Å². The van der Waals surface area contributed by atoms with Crippen molar-refractivity contribution in [3.05, 3.63) is 0 Å². The van der Waals surface area contributed by atoms with Crippen LogP contribution in [-0.4, -0.2) is 24.2 Å². The van der Waals surface area contributed by atoms with Crippen LogP contribution in [0.3, 0.4) is 0 Å². The quantitative estimate of drug-likeness (QED) is 0.636. The molecule has 1 amide bonds. The number of carbonyl (C=O) groups excluding carboxylic acids is 1. The number of hydrogen-bond donors (Lipinski definition) is 2. The van der Waals surface area contributed by atoms with Gasteiger partial charge in [-0.05, 0) is 19.3 Å². The van der Waals surface area contributed by atoms with Gasteiger partial charge in [0.1, 0.15) is 0 Å². The largest absolute Gasteiger partial charge is 0.378 e. The zero-order valence-electron chi connectivity index (χ0n) is 8.79. The van der Waals surface area contributed by atoms with Crippen molar-refractivity contribution in [2.45, 2.75) is 50.7 Å². The van der Waals surface area contributed by atoms with Gasteiger partial charge in [-0.15, -0.1) is 0 Å². The zero-order valence-corrected chi connectivity index (χ0v) is 8.79. The molecule has 14 heavy (non-hydrogen) atoms. The number of amides is 1. The van der Waals surface area contributed by atoms with Crippen LogP contribution in [0.4, 0.5) is 0 Å². The first-order chi connectivity index (χ1) is 6.58. The Morgan fingerprint density at radius 2 is 2.36 bits per heavy atom. The average molecular weight is 200 g/mol. The van der Waals surface area contributed by atoms with E-state index in [1.165, 1.54) is 0 Å². The summed E-state index contributed by atoms with van der Waals surface area (Å²) in [5, 5.41) is 0. The van der Waals surface area contributed by atoms with E-state index < -0.39 is 11.4 Å². The van der Waals surface area contributed by atoms with E-state index in [4.69, 9.17) is 16.2 Å². The van der Waals surface area contributed by atoms with Gasteiger partial charge >= 0.3 is 0 Å². The zero-order chi connectivity index (χ0) is 10.6. The van der Waals surface area contributed by atoms with Crippen LogP contribution in [0.2, 0.25) is 0 Å². The fraction of sp³-hybridized carbons (Fsp3) is 0.900. The fourth-order valence-electron chi connectivity index (χ4n) is 1.79. The fourth-order valence-corrected chi connectivity index (χ4v) is 1.79. The average Bonchev–Trinajstić information content (AvgIpc) is 2.50. The molecule has 0 spiro atoms. The van der Waals surface area contributed by atoms with Crippen molar-refractivity contribution in [2.75, 3.05) is 6.61 Å². The Hall–Kier alpha value is -0.610. The van der Waals surface area contributed by atoms with Crippen LogP contribution in [0.1, 0.15) is 39.0 Å².